The van der Waals surface area contributed by atoms with Crippen LogP contribution in [0, 0.1) is 5.92 Å². The molecule has 0 radical (unpaired) electrons. The molecule has 1 atom stereocenters. The monoisotopic (exact) mass is 243 g/mol. The van der Waals surface area contributed by atoms with Crippen molar-refractivity contribution in [1.29, 1.82) is 0 Å². The molecule has 1 aliphatic rings. The van der Waals surface area contributed by atoms with Gasteiger partial charge in [0.05, 0.1) is 0 Å². The number of amides is 1. The van der Waals surface area contributed by atoms with Crippen LogP contribution in [-0.4, -0.2) is 12.5 Å². The third-order valence-electron chi connectivity index (χ3n) is 3.44. The maximum absolute atomic E-state index is 11.7. The molecule has 1 aliphatic heterocycles. The van der Waals surface area contributed by atoms with Gasteiger partial charge in [-0.25, -0.2) is 0 Å². The summed E-state index contributed by atoms with van der Waals surface area (Å²) in [6.07, 6.45) is 9.60. The van der Waals surface area contributed by atoms with Gasteiger partial charge < -0.3 is 5.32 Å². The first-order valence-corrected chi connectivity index (χ1v) is 6.85. The number of carbonyl (C=O) groups excluding carboxylic acids is 1. The first-order chi connectivity index (χ1) is 8.86. The van der Waals surface area contributed by atoms with Gasteiger partial charge in [-0.2, -0.15) is 0 Å². The summed E-state index contributed by atoms with van der Waals surface area (Å²) in [6, 6.07) is 10.3. The Balaban J connectivity index is 1.77. The van der Waals surface area contributed by atoms with Gasteiger partial charge in [-0.15, -0.1) is 0 Å². The van der Waals surface area contributed by atoms with E-state index in [-0.39, 0.29) is 11.8 Å². The Morgan fingerprint density at radius 2 is 2.06 bits per heavy atom. The van der Waals surface area contributed by atoms with Crippen molar-refractivity contribution < 1.29 is 4.79 Å². The molecule has 1 amide bonds. The first-order valence-electron chi connectivity index (χ1n) is 6.85. The van der Waals surface area contributed by atoms with Gasteiger partial charge in [-0.05, 0) is 31.2 Å². The van der Waals surface area contributed by atoms with E-state index in [1.54, 1.807) is 0 Å². The van der Waals surface area contributed by atoms with Crippen LogP contribution in [0.15, 0.2) is 36.4 Å². The number of rotatable bonds is 4. The minimum absolute atomic E-state index is 0.216. The summed E-state index contributed by atoms with van der Waals surface area (Å²) in [4.78, 5) is 11.7. The Hall–Kier alpha value is -1.57. The van der Waals surface area contributed by atoms with Crippen LogP contribution >= 0.6 is 0 Å². The van der Waals surface area contributed by atoms with Crippen LogP contribution in [0.5, 0.6) is 0 Å². The van der Waals surface area contributed by atoms with Crippen LogP contribution in [-0.2, 0) is 4.79 Å². The molecule has 0 spiro atoms. The van der Waals surface area contributed by atoms with Crippen molar-refractivity contribution in [2.75, 3.05) is 6.54 Å². The number of carbonyl (C=O) groups is 1. The molecule has 0 saturated carbocycles. The summed E-state index contributed by atoms with van der Waals surface area (Å²) in [5.74, 6) is 0.466. The highest BCUT2D eigenvalue weighted by atomic mass is 16.1. The van der Waals surface area contributed by atoms with Gasteiger partial charge in [0.2, 0.25) is 5.91 Å². The van der Waals surface area contributed by atoms with Gasteiger partial charge in [0.1, 0.15) is 0 Å². The van der Waals surface area contributed by atoms with E-state index in [2.05, 4.69) is 29.6 Å². The number of hydrogen-bond acceptors (Lipinski definition) is 1. The van der Waals surface area contributed by atoms with Gasteiger partial charge in [0, 0.05) is 12.5 Å². The molecule has 2 heteroatoms. The third-order valence-corrected chi connectivity index (χ3v) is 3.44. The Bertz CT molecular complexity index is 397. The Kier molecular flexibility index (Phi) is 5.00. The summed E-state index contributed by atoms with van der Waals surface area (Å²) in [7, 11) is 0. The molecule has 1 heterocycles. The minimum atomic E-state index is 0.216. The predicted molar refractivity (Wildman–Crippen MR) is 75.1 cm³/mol. The molecule has 2 nitrogen and oxygen atoms in total. The normalized spacial score (nSPS) is 20.7. The molecular weight excluding hydrogens is 222 g/mol. The van der Waals surface area contributed by atoms with Crippen molar-refractivity contribution in [2.24, 2.45) is 5.92 Å². The molecule has 2 rings (SSSR count). The fraction of sp³-hybridized carbons (Fsp3) is 0.438. The van der Waals surface area contributed by atoms with E-state index in [9.17, 15) is 4.79 Å². The molecule has 1 saturated heterocycles. The number of allylic oxidation sites excluding steroid dienone is 1. The topological polar surface area (TPSA) is 29.1 Å². The zero-order chi connectivity index (χ0) is 12.6. The third kappa shape index (κ3) is 4.02. The van der Waals surface area contributed by atoms with Crippen molar-refractivity contribution >= 4 is 12.0 Å². The van der Waals surface area contributed by atoms with Crippen molar-refractivity contribution in [3.63, 3.8) is 0 Å². The Labute approximate surface area is 109 Å². The van der Waals surface area contributed by atoms with Crippen molar-refractivity contribution in [1.82, 2.24) is 5.32 Å². The Morgan fingerprint density at radius 3 is 2.89 bits per heavy atom. The molecule has 1 unspecified atom stereocenters. The van der Waals surface area contributed by atoms with Crippen molar-refractivity contribution in [2.45, 2.75) is 32.1 Å². The van der Waals surface area contributed by atoms with Crippen LogP contribution in [0.3, 0.4) is 0 Å². The highest BCUT2D eigenvalue weighted by Gasteiger charge is 2.19. The van der Waals surface area contributed by atoms with Gasteiger partial charge in [-0.1, -0.05) is 48.9 Å². The lowest BCUT2D eigenvalue weighted by atomic mass is 9.97. The molecule has 96 valence electrons. The highest BCUT2D eigenvalue weighted by molar-refractivity contribution is 5.78. The van der Waals surface area contributed by atoms with Crippen LogP contribution < -0.4 is 5.32 Å². The first kappa shape index (κ1) is 12.9. The summed E-state index contributed by atoms with van der Waals surface area (Å²) >= 11 is 0. The Morgan fingerprint density at radius 1 is 1.22 bits per heavy atom. The van der Waals surface area contributed by atoms with E-state index >= 15 is 0 Å². The van der Waals surface area contributed by atoms with E-state index in [1.165, 1.54) is 12.0 Å². The quantitative estimate of drug-likeness (QED) is 0.862. The van der Waals surface area contributed by atoms with Gasteiger partial charge >= 0.3 is 0 Å². The zero-order valence-corrected chi connectivity index (χ0v) is 10.8. The SMILES string of the molecule is O=C1NCCCCC1CCC=Cc1ccccc1. The lowest BCUT2D eigenvalue weighted by molar-refractivity contribution is -0.124. The molecule has 1 aromatic rings. The molecule has 1 fully saturated rings. The maximum Gasteiger partial charge on any atom is 0.223 e. The predicted octanol–water partition coefficient (Wildman–Crippen LogP) is 3.40. The van der Waals surface area contributed by atoms with E-state index in [0.717, 1.165) is 32.2 Å². The van der Waals surface area contributed by atoms with Crippen LogP contribution in [0.2, 0.25) is 0 Å². The second-order valence-electron chi connectivity index (χ2n) is 4.87. The second kappa shape index (κ2) is 7.00. The molecule has 0 aliphatic carbocycles. The lowest BCUT2D eigenvalue weighted by Gasteiger charge is -2.10. The van der Waals surface area contributed by atoms with Gasteiger partial charge in [0.15, 0.2) is 0 Å². The number of benzene rings is 1. The second-order valence-corrected chi connectivity index (χ2v) is 4.87. The van der Waals surface area contributed by atoms with Crippen LogP contribution in [0.25, 0.3) is 6.08 Å². The zero-order valence-electron chi connectivity index (χ0n) is 10.8. The number of hydrogen-bond donors (Lipinski definition) is 1. The summed E-state index contributed by atoms with van der Waals surface area (Å²) < 4.78 is 0. The largest absolute Gasteiger partial charge is 0.356 e. The van der Waals surface area contributed by atoms with Crippen LogP contribution in [0.4, 0.5) is 0 Å². The van der Waals surface area contributed by atoms with E-state index in [0.29, 0.717) is 0 Å². The lowest BCUT2D eigenvalue weighted by Crippen LogP contribution is -2.28. The summed E-state index contributed by atoms with van der Waals surface area (Å²) in [6.45, 7) is 0.856. The summed E-state index contributed by atoms with van der Waals surface area (Å²) in [5, 5.41) is 2.99. The average Bonchev–Trinajstić information content (AvgIpc) is 2.61. The van der Waals surface area contributed by atoms with Gasteiger partial charge in [0.25, 0.3) is 0 Å². The minimum Gasteiger partial charge on any atom is -0.356 e. The molecule has 0 bridgehead atoms. The van der Waals surface area contributed by atoms with E-state index < -0.39 is 0 Å². The average molecular weight is 243 g/mol. The molecule has 0 aromatic heterocycles. The van der Waals surface area contributed by atoms with Gasteiger partial charge in [-0.3, -0.25) is 4.79 Å². The molecular formula is C16H21NO. The van der Waals surface area contributed by atoms with Crippen LogP contribution in [0.1, 0.15) is 37.7 Å². The van der Waals surface area contributed by atoms with E-state index in [4.69, 9.17) is 0 Å². The van der Waals surface area contributed by atoms with Crippen molar-refractivity contribution in [3.8, 4) is 0 Å². The highest BCUT2D eigenvalue weighted by Crippen LogP contribution is 2.18. The smallest absolute Gasteiger partial charge is 0.223 e. The molecule has 1 aromatic carbocycles. The summed E-state index contributed by atoms with van der Waals surface area (Å²) in [5.41, 5.74) is 1.22. The maximum atomic E-state index is 11.7. The van der Waals surface area contributed by atoms with Crippen molar-refractivity contribution in [3.05, 3.63) is 42.0 Å². The molecule has 1 N–H and O–H groups in total. The van der Waals surface area contributed by atoms with E-state index in [1.807, 2.05) is 18.2 Å². The molecule has 18 heavy (non-hydrogen) atoms. The fourth-order valence-electron chi connectivity index (χ4n) is 2.36. The number of nitrogens with one attached hydrogen (secondary N) is 1. The standard InChI is InChI=1S/C16H21NO/c18-16-15(12-6-7-13-17-16)11-5-4-10-14-8-2-1-3-9-14/h1-4,8-10,15H,5-7,11-13H2,(H,17,18). The fourth-order valence-corrected chi connectivity index (χ4v) is 2.36.